The molecule has 9 heteroatoms. The van der Waals surface area contributed by atoms with E-state index < -0.39 is 0 Å². The lowest BCUT2D eigenvalue weighted by Gasteiger charge is -2.33. The summed E-state index contributed by atoms with van der Waals surface area (Å²) >= 11 is 13.0. The van der Waals surface area contributed by atoms with Gasteiger partial charge in [0.1, 0.15) is 0 Å². The smallest absolute Gasteiger partial charge is 0.231 e. The summed E-state index contributed by atoms with van der Waals surface area (Å²) in [5, 5.41) is 4.99. The van der Waals surface area contributed by atoms with Crippen molar-refractivity contribution in [3.63, 3.8) is 0 Å². The van der Waals surface area contributed by atoms with Crippen LogP contribution in [0.2, 0.25) is 5.02 Å². The van der Waals surface area contributed by atoms with Crippen molar-refractivity contribution in [2.24, 2.45) is 5.92 Å². The van der Waals surface area contributed by atoms with Gasteiger partial charge in [0.25, 0.3) is 0 Å². The molecule has 2 aromatic heterocycles. The molecule has 4 aromatic rings. The third-order valence-electron chi connectivity index (χ3n) is 8.84. The van der Waals surface area contributed by atoms with Gasteiger partial charge in [-0.25, -0.2) is 0 Å². The quantitative estimate of drug-likeness (QED) is 0.242. The number of halogens is 1. The molecule has 7 rings (SSSR count). The van der Waals surface area contributed by atoms with E-state index in [0.717, 1.165) is 69.7 Å². The average molecular weight is 600 g/mol. The van der Waals surface area contributed by atoms with Gasteiger partial charge in [0, 0.05) is 48.1 Å². The number of nitrogens with zero attached hydrogens (tertiary/aromatic N) is 4. The maximum atomic E-state index is 6.99. The van der Waals surface area contributed by atoms with Crippen LogP contribution in [0.25, 0.3) is 5.69 Å². The second-order valence-corrected chi connectivity index (χ2v) is 12.3. The van der Waals surface area contributed by atoms with Crippen LogP contribution in [0.15, 0.2) is 66.9 Å². The molecule has 2 aromatic carbocycles. The van der Waals surface area contributed by atoms with Gasteiger partial charge in [-0.1, -0.05) is 24.6 Å². The van der Waals surface area contributed by atoms with Crippen LogP contribution in [-0.2, 0) is 0 Å². The van der Waals surface area contributed by atoms with Crippen molar-refractivity contribution in [2.45, 2.75) is 45.7 Å². The van der Waals surface area contributed by atoms with E-state index in [1.807, 2.05) is 30.5 Å². The standard InChI is InChI=1S/C33H34ClN5O2S/c1-20-11-14-37(15-12-20)28-9-7-23(17-26(28)34)39-32(31(36-33(39)42)27-6-4-5-13-35-27)25-16-21(2)38(22(25)3)24-8-10-29-30(18-24)41-19-40-29/h4-10,13,16-18,20,31-32H,11-12,14-15,19H2,1-3H3,(H,36,42). The van der Waals surface area contributed by atoms with Gasteiger partial charge in [-0.05, 0) is 98.9 Å². The van der Waals surface area contributed by atoms with E-state index in [-0.39, 0.29) is 18.9 Å². The predicted molar refractivity (Wildman–Crippen MR) is 171 cm³/mol. The number of thiocarbonyl (C=S) groups is 1. The number of hydrogen-bond acceptors (Lipinski definition) is 5. The van der Waals surface area contributed by atoms with Gasteiger partial charge in [-0.3, -0.25) is 4.98 Å². The number of fused-ring (bicyclic) bond motifs is 1. The fourth-order valence-electron chi connectivity index (χ4n) is 6.61. The molecular weight excluding hydrogens is 566 g/mol. The number of benzene rings is 2. The first-order chi connectivity index (χ1) is 20.4. The Hall–Kier alpha value is -3.75. The summed E-state index contributed by atoms with van der Waals surface area (Å²) in [7, 11) is 0. The molecule has 2 saturated heterocycles. The summed E-state index contributed by atoms with van der Waals surface area (Å²) < 4.78 is 13.5. The molecule has 2 unspecified atom stereocenters. The molecule has 0 radical (unpaired) electrons. The van der Waals surface area contributed by atoms with Gasteiger partial charge < -0.3 is 29.2 Å². The number of hydrogen-bond donors (Lipinski definition) is 1. The minimum absolute atomic E-state index is 0.140. The van der Waals surface area contributed by atoms with E-state index in [1.54, 1.807) is 0 Å². The van der Waals surface area contributed by atoms with Crippen LogP contribution in [0.5, 0.6) is 11.5 Å². The van der Waals surface area contributed by atoms with Crippen molar-refractivity contribution in [2.75, 3.05) is 29.7 Å². The van der Waals surface area contributed by atoms with Crippen molar-refractivity contribution in [1.82, 2.24) is 14.9 Å². The summed E-state index contributed by atoms with van der Waals surface area (Å²) in [5.41, 5.74) is 7.42. The van der Waals surface area contributed by atoms with E-state index in [2.05, 4.69) is 76.9 Å². The van der Waals surface area contributed by atoms with Gasteiger partial charge in [-0.15, -0.1) is 0 Å². The molecule has 2 fully saturated rings. The first kappa shape index (κ1) is 27.1. The Bertz CT molecular complexity index is 1650. The summed E-state index contributed by atoms with van der Waals surface area (Å²) in [4.78, 5) is 9.34. The van der Waals surface area contributed by atoms with Gasteiger partial charge in [-0.2, -0.15) is 0 Å². The molecule has 0 amide bonds. The Morgan fingerprint density at radius 2 is 1.74 bits per heavy atom. The van der Waals surface area contributed by atoms with E-state index in [0.29, 0.717) is 5.11 Å². The number of ether oxygens (including phenoxy) is 2. The first-order valence-electron chi connectivity index (χ1n) is 14.5. The Balaban J connectivity index is 1.31. The van der Waals surface area contributed by atoms with Crippen molar-refractivity contribution in [3.8, 4) is 17.2 Å². The number of anilines is 2. The van der Waals surface area contributed by atoms with E-state index in [4.69, 9.17) is 38.3 Å². The molecule has 0 aliphatic carbocycles. The third-order valence-corrected chi connectivity index (χ3v) is 9.45. The molecule has 42 heavy (non-hydrogen) atoms. The molecule has 7 nitrogen and oxygen atoms in total. The molecular formula is C33H34ClN5O2S. The first-order valence-corrected chi connectivity index (χ1v) is 15.3. The van der Waals surface area contributed by atoms with Crippen LogP contribution >= 0.6 is 23.8 Å². The van der Waals surface area contributed by atoms with Crippen LogP contribution in [0.4, 0.5) is 11.4 Å². The van der Waals surface area contributed by atoms with Gasteiger partial charge in [0.05, 0.1) is 28.5 Å². The molecule has 0 spiro atoms. The lowest BCUT2D eigenvalue weighted by atomic mass is 9.96. The maximum Gasteiger partial charge on any atom is 0.231 e. The lowest BCUT2D eigenvalue weighted by molar-refractivity contribution is 0.174. The Morgan fingerprint density at radius 1 is 0.952 bits per heavy atom. The summed E-state index contributed by atoms with van der Waals surface area (Å²) in [6.07, 6.45) is 4.21. The largest absolute Gasteiger partial charge is 0.454 e. The highest BCUT2D eigenvalue weighted by molar-refractivity contribution is 7.80. The molecule has 1 N–H and O–H groups in total. The predicted octanol–water partition coefficient (Wildman–Crippen LogP) is 7.28. The fourth-order valence-corrected chi connectivity index (χ4v) is 7.25. The van der Waals surface area contributed by atoms with Crippen molar-refractivity contribution in [3.05, 3.63) is 94.5 Å². The number of rotatable bonds is 5. The molecule has 216 valence electrons. The molecule has 3 aliphatic rings. The Kier molecular flexibility index (Phi) is 6.98. The van der Waals surface area contributed by atoms with Crippen molar-refractivity contribution < 1.29 is 9.47 Å². The zero-order valence-electron chi connectivity index (χ0n) is 24.0. The van der Waals surface area contributed by atoms with Gasteiger partial charge in [0.15, 0.2) is 16.6 Å². The zero-order chi connectivity index (χ0) is 29.0. The van der Waals surface area contributed by atoms with Crippen LogP contribution in [0, 0.1) is 19.8 Å². The van der Waals surface area contributed by atoms with Gasteiger partial charge in [0.2, 0.25) is 6.79 Å². The van der Waals surface area contributed by atoms with Crippen LogP contribution < -0.4 is 24.6 Å². The number of pyridine rings is 1. The number of piperidine rings is 1. The highest BCUT2D eigenvalue weighted by Gasteiger charge is 2.42. The zero-order valence-corrected chi connectivity index (χ0v) is 25.6. The molecule has 0 saturated carbocycles. The normalized spacial score (nSPS) is 20.3. The SMILES string of the molecule is Cc1cc(C2C(c3ccccn3)NC(=S)N2c2ccc(N3CCC(C)CC3)c(Cl)c2)c(C)n1-c1ccc2c(c1)OCO2. The maximum absolute atomic E-state index is 6.99. The number of nitrogens with one attached hydrogen (secondary N) is 1. The Labute approximate surface area is 257 Å². The highest BCUT2D eigenvalue weighted by Crippen LogP contribution is 2.45. The summed E-state index contributed by atoms with van der Waals surface area (Å²) in [5.74, 6) is 2.29. The minimum Gasteiger partial charge on any atom is -0.454 e. The van der Waals surface area contributed by atoms with Crippen LogP contribution in [0.3, 0.4) is 0 Å². The second-order valence-electron chi connectivity index (χ2n) is 11.5. The minimum atomic E-state index is -0.147. The monoisotopic (exact) mass is 599 g/mol. The molecule has 0 bridgehead atoms. The van der Waals surface area contributed by atoms with Crippen molar-refractivity contribution >= 4 is 40.3 Å². The van der Waals surface area contributed by atoms with E-state index in [9.17, 15) is 0 Å². The van der Waals surface area contributed by atoms with E-state index in [1.165, 1.54) is 18.4 Å². The molecule has 5 heterocycles. The second kappa shape index (κ2) is 10.8. The van der Waals surface area contributed by atoms with Gasteiger partial charge >= 0.3 is 0 Å². The van der Waals surface area contributed by atoms with Crippen LogP contribution in [-0.4, -0.2) is 34.5 Å². The summed E-state index contributed by atoms with van der Waals surface area (Å²) in [6, 6.07) is 20.4. The Morgan fingerprint density at radius 3 is 2.50 bits per heavy atom. The van der Waals surface area contributed by atoms with E-state index >= 15 is 0 Å². The third kappa shape index (κ3) is 4.67. The fraction of sp³-hybridized carbons (Fsp3) is 0.333. The number of aromatic nitrogens is 2. The highest BCUT2D eigenvalue weighted by atomic mass is 35.5. The average Bonchev–Trinajstić information content (AvgIpc) is 3.68. The molecule has 2 atom stereocenters. The van der Waals surface area contributed by atoms with Crippen molar-refractivity contribution in [1.29, 1.82) is 0 Å². The summed E-state index contributed by atoms with van der Waals surface area (Å²) in [6.45, 7) is 8.92. The number of aryl methyl sites for hydroxylation is 1. The lowest BCUT2D eigenvalue weighted by Crippen LogP contribution is -2.33. The molecule has 3 aliphatic heterocycles. The van der Waals surface area contributed by atoms with Crippen LogP contribution in [0.1, 0.15) is 54.5 Å². The topological polar surface area (TPSA) is 54.8 Å².